The van der Waals surface area contributed by atoms with Crippen LogP contribution in [0.25, 0.3) is 0 Å². The minimum Gasteiger partial charge on any atom is -0.375 e. The Kier molecular flexibility index (Phi) is 5.33. The third-order valence-electron chi connectivity index (χ3n) is 4.93. The summed E-state index contributed by atoms with van der Waals surface area (Å²) in [6.45, 7) is 0. The van der Waals surface area contributed by atoms with Crippen molar-refractivity contribution in [2.24, 2.45) is 4.99 Å². The van der Waals surface area contributed by atoms with E-state index in [2.05, 4.69) is 17.4 Å². The lowest BCUT2D eigenvalue weighted by molar-refractivity contribution is 0.115. The van der Waals surface area contributed by atoms with Crippen LogP contribution in [0, 0.1) is 0 Å². The van der Waals surface area contributed by atoms with E-state index in [1.165, 1.54) is 0 Å². The van der Waals surface area contributed by atoms with E-state index in [9.17, 15) is 5.11 Å². The molecule has 3 nitrogen and oxygen atoms in total. The zero-order chi connectivity index (χ0) is 19.4. The van der Waals surface area contributed by atoms with Crippen LogP contribution < -0.4 is 5.32 Å². The fourth-order valence-electron chi connectivity index (χ4n) is 3.48. The number of benzene rings is 3. The van der Waals surface area contributed by atoms with E-state index in [1.807, 2.05) is 91.2 Å². The topological polar surface area (TPSA) is 44.6 Å². The van der Waals surface area contributed by atoms with Crippen molar-refractivity contribution < 1.29 is 5.11 Å². The molecule has 3 aromatic carbocycles. The van der Waals surface area contributed by atoms with Crippen molar-refractivity contribution in [1.82, 2.24) is 5.32 Å². The Bertz CT molecular complexity index is 945. The van der Waals surface area contributed by atoms with Gasteiger partial charge in [0.2, 0.25) is 0 Å². The van der Waals surface area contributed by atoms with Gasteiger partial charge < -0.3 is 10.4 Å². The van der Waals surface area contributed by atoms with Crippen LogP contribution in [0.4, 0.5) is 0 Å². The first-order valence-electron chi connectivity index (χ1n) is 9.21. The Balaban J connectivity index is 1.87. The van der Waals surface area contributed by atoms with Gasteiger partial charge in [0, 0.05) is 0 Å². The van der Waals surface area contributed by atoms with E-state index < -0.39 is 5.60 Å². The monoisotopic (exact) mass is 386 g/mol. The first-order chi connectivity index (χ1) is 13.7. The lowest BCUT2D eigenvalue weighted by atomic mass is 9.82. The van der Waals surface area contributed by atoms with Crippen molar-refractivity contribution in [2.75, 3.05) is 6.26 Å². The number of aliphatic hydroxyl groups is 1. The summed E-state index contributed by atoms with van der Waals surface area (Å²) in [5, 5.41) is 16.2. The molecule has 3 aromatic rings. The molecular weight excluding hydrogens is 364 g/mol. The number of nitrogens with zero attached hydrogens (tertiary/aromatic N) is 1. The Hall–Kier alpha value is -2.82. The second-order valence-corrected chi connectivity index (χ2v) is 7.44. The molecule has 4 heteroatoms. The summed E-state index contributed by atoms with van der Waals surface area (Å²) in [6.07, 6.45) is 4.01. The summed E-state index contributed by atoms with van der Waals surface area (Å²) in [5.74, 6) is 0. The highest BCUT2D eigenvalue weighted by atomic mass is 32.2. The molecule has 2 N–H and O–H groups in total. The van der Waals surface area contributed by atoms with Gasteiger partial charge >= 0.3 is 0 Å². The van der Waals surface area contributed by atoms with Crippen molar-refractivity contribution in [3.05, 3.63) is 119 Å². The van der Waals surface area contributed by atoms with Crippen LogP contribution >= 0.6 is 11.8 Å². The second-order valence-electron chi connectivity index (χ2n) is 6.64. The van der Waals surface area contributed by atoms with Gasteiger partial charge in [-0.05, 0) is 29.0 Å². The summed E-state index contributed by atoms with van der Waals surface area (Å²) < 4.78 is 0. The van der Waals surface area contributed by atoms with Gasteiger partial charge in [0.15, 0.2) is 10.8 Å². The van der Waals surface area contributed by atoms with Crippen LogP contribution in [0.3, 0.4) is 0 Å². The number of aliphatic imine (C=N–C) groups is 1. The third-order valence-corrected chi connectivity index (χ3v) is 5.52. The van der Waals surface area contributed by atoms with Gasteiger partial charge in [-0.25, -0.2) is 4.99 Å². The molecule has 140 valence electrons. The van der Waals surface area contributed by atoms with E-state index in [1.54, 1.807) is 11.8 Å². The fraction of sp³-hybridized carbons (Fsp3) is 0.125. The minimum atomic E-state index is -1.30. The van der Waals surface area contributed by atoms with Gasteiger partial charge in [0.05, 0.1) is 11.7 Å². The Labute approximate surface area is 169 Å². The van der Waals surface area contributed by atoms with Crippen molar-refractivity contribution in [3.63, 3.8) is 0 Å². The Morgan fingerprint density at radius 2 is 1.32 bits per heavy atom. The molecule has 0 unspecified atom stereocenters. The average Bonchev–Trinajstić information content (AvgIpc) is 2.80. The molecule has 0 amide bonds. The summed E-state index contributed by atoms with van der Waals surface area (Å²) in [7, 11) is 0. The standard InChI is InChI=1S/C24H22N2OS/c1-28-23-25-21(18-11-5-2-6-12-18)17-22(26-23)24(27,19-13-7-3-8-14-19)20-15-9-4-10-16-20/h2-17,21,27H,1H3,(H,25,26)/t21-/m1/s1. The van der Waals surface area contributed by atoms with Gasteiger partial charge in [0.25, 0.3) is 0 Å². The van der Waals surface area contributed by atoms with Gasteiger partial charge in [0.1, 0.15) is 0 Å². The summed E-state index contributed by atoms with van der Waals surface area (Å²) >= 11 is 1.54. The molecule has 28 heavy (non-hydrogen) atoms. The fourth-order valence-corrected chi connectivity index (χ4v) is 3.91. The number of nitrogens with one attached hydrogen (secondary N) is 1. The van der Waals surface area contributed by atoms with Crippen LogP contribution in [0.1, 0.15) is 22.7 Å². The second kappa shape index (κ2) is 8.05. The number of hydrogen-bond acceptors (Lipinski definition) is 4. The molecule has 1 aliphatic heterocycles. The van der Waals surface area contributed by atoms with Gasteiger partial charge in [-0.15, -0.1) is 0 Å². The van der Waals surface area contributed by atoms with Gasteiger partial charge in [-0.2, -0.15) is 0 Å². The summed E-state index contributed by atoms with van der Waals surface area (Å²) in [4.78, 5) is 4.80. The van der Waals surface area contributed by atoms with Crippen LogP contribution in [-0.2, 0) is 5.60 Å². The zero-order valence-corrected chi connectivity index (χ0v) is 16.4. The molecule has 0 radical (unpaired) electrons. The molecule has 1 aliphatic rings. The van der Waals surface area contributed by atoms with Gasteiger partial charge in [-0.1, -0.05) is 103 Å². The normalized spacial score (nSPS) is 16.7. The summed E-state index contributed by atoms with van der Waals surface area (Å²) in [6, 6.07) is 29.5. The smallest absolute Gasteiger partial charge is 0.161 e. The molecule has 0 aromatic heterocycles. The van der Waals surface area contributed by atoms with E-state index in [0.29, 0.717) is 0 Å². The van der Waals surface area contributed by atoms with Crippen molar-refractivity contribution in [1.29, 1.82) is 0 Å². The van der Waals surface area contributed by atoms with Crippen molar-refractivity contribution >= 4 is 16.9 Å². The van der Waals surface area contributed by atoms with E-state index in [4.69, 9.17) is 4.99 Å². The molecule has 1 atom stereocenters. The third kappa shape index (κ3) is 3.49. The van der Waals surface area contributed by atoms with Crippen molar-refractivity contribution in [2.45, 2.75) is 11.6 Å². The van der Waals surface area contributed by atoms with Crippen molar-refractivity contribution in [3.8, 4) is 0 Å². The number of hydrogen-bond donors (Lipinski definition) is 2. The summed E-state index contributed by atoms with van der Waals surface area (Å²) in [5.41, 5.74) is 2.14. The van der Waals surface area contributed by atoms with E-state index in [-0.39, 0.29) is 6.04 Å². The molecule has 0 spiro atoms. The average molecular weight is 387 g/mol. The Morgan fingerprint density at radius 3 is 1.82 bits per heavy atom. The number of thioether (sulfide) groups is 1. The lowest BCUT2D eigenvalue weighted by Gasteiger charge is -2.35. The van der Waals surface area contributed by atoms with Crippen LogP contribution in [0.15, 0.2) is 108 Å². The molecule has 4 rings (SSSR count). The SMILES string of the molecule is CSC1=N[C@@H](c2ccccc2)C=C(C(O)(c2ccccc2)c2ccccc2)N1. The lowest BCUT2D eigenvalue weighted by Crippen LogP contribution is -2.40. The first-order valence-corrected chi connectivity index (χ1v) is 10.4. The number of rotatable bonds is 4. The van der Waals surface area contributed by atoms with Crippen LogP contribution in [0.2, 0.25) is 0 Å². The van der Waals surface area contributed by atoms with Crippen LogP contribution in [-0.4, -0.2) is 16.5 Å². The molecule has 0 saturated carbocycles. The highest BCUT2D eigenvalue weighted by molar-refractivity contribution is 8.13. The highest BCUT2D eigenvalue weighted by Crippen LogP contribution is 2.39. The maximum Gasteiger partial charge on any atom is 0.161 e. The minimum absolute atomic E-state index is 0.154. The predicted octanol–water partition coefficient (Wildman–Crippen LogP) is 4.87. The first kappa shape index (κ1) is 18.5. The van der Waals surface area contributed by atoms with E-state index in [0.717, 1.165) is 27.6 Å². The maximum absolute atomic E-state index is 12.1. The predicted molar refractivity (Wildman–Crippen MR) is 117 cm³/mol. The Morgan fingerprint density at radius 1 is 0.821 bits per heavy atom. The van der Waals surface area contributed by atoms with Crippen LogP contribution in [0.5, 0.6) is 0 Å². The molecule has 0 saturated heterocycles. The largest absolute Gasteiger partial charge is 0.375 e. The zero-order valence-electron chi connectivity index (χ0n) is 15.6. The molecule has 0 aliphatic carbocycles. The quantitative estimate of drug-likeness (QED) is 0.672. The molecule has 0 fully saturated rings. The molecular formula is C24H22N2OS. The molecule has 1 heterocycles. The number of amidine groups is 1. The highest BCUT2D eigenvalue weighted by Gasteiger charge is 2.38. The van der Waals surface area contributed by atoms with Gasteiger partial charge in [-0.3, -0.25) is 0 Å². The van der Waals surface area contributed by atoms with E-state index >= 15 is 0 Å². The maximum atomic E-state index is 12.1. The molecule has 0 bridgehead atoms.